The highest BCUT2D eigenvalue weighted by Gasteiger charge is 2.41. The fourth-order valence-corrected chi connectivity index (χ4v) is 5.28. The Morgan fingerprint density at radius 2 is 1.00 bits per heavy atom. The molecule has 0 atom stereocenters. The molecule has 0 bridgehead atoms. The van der Waals surface area contributed by atoms with E-state index in [-0.39, 0.29) is 22.2 Å². The third-order valence-electron chi connectivity index (χ3n) is 7.41. The van der Waals surface area contributed by atoms with Gasteiger partial charge in [0.05, 0.1) is 16.8 Å². The van der Waals surface area contributed by atoms with Crippen molar-refractivity contribution in [3.63, 3.8) is 0 Å². The van der Waals surface area contributed by atoms with Crippen LogP contribution in [0.15, 0.2) is 71.0 Å². The van der Waals surface area contributed by atoms with Crippen LogP contribution in [0.5, 0.6) is 0 Å². The van der Waals surface area contributed by atoms with E-state index in [2.05, 4.69) is 70.7 Å². The fraction of sp³-hybridized carbons (Fsp3) is 0.600. The van der Waals surface area contributed by atoms with E-state index >= 15 is 0 Å². The minimum atomic E-state index is 0.0834. The average molecular weight is 495 g/mol. The maximum Gasteiger partial charge on any atom is 0.0874 e. The first kappa shape index (κ1) is 29.8. The van der Waals surface area contributed by atoms with E-state index in [0.29, 0.717) is 0 Å². The summed E-state index contributed by atoms with van der Waals surface area (Å²) in [6.45, 7) is 17.9. The SMILES string of the molecule is CC1(C)CCCC(C)(C)N1N.CC1(C)CCCC(C)(C)N1N=Nc1ccccc1.Nc1ccccc1. The largest absolute Gasteiger partial charge is 0.399 e. The standard InChI is InChI=1S/C15H23N3.C9H20N2.C6H7N/c1-14(2)11-8-12-15(3,4)18(14)17-16-13-9-6-5-7-10-13;1-8(2)6-5-7-9(3,4)11(8)10;7-6-4-2-1-3-5-6/h5-7,9-10H,8,11-12H2,1-4H3;5-7,10H2,1-4H3;1-5H,7H2. The van der Waals surface area contributed by atoms with Crippen LogP contribution in [-0.4, -0.2) is 32.2 Å². The fourth-order valence-electron chi connectivity index (χ4n) is 5.28. The molecule has 6 heteroatoms. The number of nitrogens with two attached hydrogens (primary N) is 2. The van der Waals surface area contributed by atoms with Gasteiger partial charge < -0.3 is 5.73 Å². The Labute approximate surface area is 220 Å². The van der Waals surface area contributed by atoms with Crippen molar-refractivity contribution in [3.05, 3.63) is 60.7 Å². The van der Waals surface area contributed by atoms with Crippen molar-refractivity contribution in [2.45, 2.75) is 116 Å². The lowest BCUT2D eigenvalue weighted by molar-refractivity contribution is -0.0318. The number of nitrogen functional groups attached to an aromatic ring is 1. The molecular weight excluding hydrogens is 444 g/mol. The quantitative estimate of drug-likeness (QED) is 0.252. The van der Waals surface area contributed by atoms with Gasteiger partial charge in [0, 0.05) is 16.8 Å². The van der Waals surface area contributed by atoms with Crippen LogP contribution in [-0.2, 0) is 0 Å². The molecule has 36 heavy (non-hydrogen) atoms. The number of hydrogen-bond acceptors (Lipinski definition) is 5. The topological polar surface area (TPSA) is 83.2 Å². The molecule has 6 nitrogen and oxygen atoms in total. The third-order valence-corrected chi connectivity index (χ3v) is 7.41. The van der Waals surface area contributed by atoms with Gasteiger partial charge >= 0.3 is 0 Å². The molecule has 4 N–H and O–H groups in total. The predicted octanol–water partition coefficient (Wildman–Crippen LogP) is 7.90. The van der Waals surface area contributed by atoms with E-state index in [1.54, 1.807) is 0 Å². The Morgan fingerprint density at radius 3 is 1.36 bits per heavy atom. The van der Waals surface area contributed by atoms with Gasteiger partial charge in [0.25, 0.3) is 0 Å². The molecule has 2 saturated heterocycles. The van der Waals surface area contributed by atoms with Crippen molar-refractivity contribution < 1.29 is 0 Å². The molecule has 0 spiro atoms. The van der Waals surface area contributed by atoms with Gasteiger partial charge in [-0.05, 0) is 118 Å². The Hall–Kier alpha value is -2.44. The van der Waals surface area contributed by atoms with E-state index < -0.39 is 0 Å². The number of hydrogen-bond donors (Lipinski definition) is 2. The van der Waals surface area contributed by atoms with Crippen molar-refractivity contribution in [2.24, 2.45) is 16.2 Å². The van der Waals surface area contributed by atoms with E-state index in [1.807, 2.05) is 65.7 Å². The zero-order valence-electron chi connectivity index (χ0n) is 24.0. The van der Waals surface area contributed by atoms with Crippen molar-refractivity contribution in [1.29, 1.82) is 0 Å². The lowest BCUT2D eigenvalue weighted by Crippen LogP contribution is -2.62. The maximum atomic E-state index is 6.02. The smallest absolute Gasteiger partial charge is 0.0874 e. The van der Waals surface area contributed by atoms with E-state index in [4.69, 9.17) is 11.6 Å². The van der Waals surface area contributed by atoms with E-state index in [1.165, 1.54) is 38.5 Å². The summed E-state index contributed by atoms with van der Waals surface area (Å²) in [6, 6.07) is 19.4. The summed E-state index contributed by atoms with van der Waals surface area (Å²) < 4.78 is 0. The van der Waals surface area contributed by atoms with Crippen LogP contribution in [0.4, 0.5) is 11.4 Å². The highest BCUT2D eigenvalue weighted by atomic mass is 15.6. The van der Waals surface area contributed by atoms with Crippen LogP contribution in [0.25, 0.3) is 0 Å². The number of rotatable bonds is 2. The summed E-state index contributed by atoms with van der Waals surface area (Å²) in [5.41, 5.74) is 7.62. The lowest BCUT2D eigenvalue weighted by atomic mass is 9.82. The van der Waals surface area contributed by atoms with Gasteiger partial charge in [-0.2, -0.15) is 0 Å². The van der Waals surface area contributed by atoms with Crippen molar-refractivity contribution in [2.75, 3.05) is 5.73 Å². The number of para-hydroxylation sites is 1. The number of benzene rings is 2. The summed E-state index contributed by atoms with van der Waals surface area (Å²) in [5, 5.41) is 13.1. The highest BCUT2D eigenvalue weighted by molar-refractivity contribution is 5.36. The van der Waals surface area contributed by atoms with Crippen molar-refractivity contribution in [3.8, 4) is 0 Å². The number of anilines is 1. The molecule has 2 heterocycles. The van der Waals surface area contributed by atoms with Crippen molar-refractivity contribution in [1.82, 2.24) is 10.0 Å². The summed E-state index contributed by atoms with van der Waals surface area (Å²) in [5.74, 6) is 6.02. The van der Waals surface area contributed by atoms with Crippen LogP contribution in [0.1, 0.15) is 93.9 Å². The molecule has 2 fully saturated rings. The molecule has 200 valence electrons. The van der Waals surface area contributed by atoms with E-state index in [0.717, 1.165) is 11.4 Å². The summed E-state index contributed by atoms with van der Waals surface area (Å²) in [6.07, 6.45) is 7.33. The molecule has 0 aromatic heterocycles. The second kappa shape index (κ2) is 12.2. The van der Waals surface area contributed by atoms with Gasteiger partial charge in [-0.1, -0.05) is 41.6 Å². The van der Waals surface area contributed by atoms with Gasteiger partial charge in [-0.3, -0.25) is 10.9 Å². The lowest BCUT2D eigenvalue weighted by Gasteiger charge is -2.50. The first-order chi connectivity index (χ1) is 16.7. The van der Waals surface area contributed by atoms with E-state index in [9.17, 15) is 0 Å². The Morgan fingerprint density at radius 1 is 0.611 bits per heavy atom. The minimum Gasteiger partial charge on any atom is -0.399 e. The Balaban J connectivity index is 0.000000214. The normalized spacial score (nSPS) is 22.1. The van der Waals surface area contributed by atoms with Gasteiger partial charge in [-0.15, -0.1) is 5.11 Å². The average Bonchev–Trinajstić information content (AvgIpc) is 2.78. The van der Waals surface area contributed by atoms with Gasteiger partial charge in [0.15, 0.2) is 0 Å². The highest BCUT2D eigenvalue weighted by Crippen LogP contribution is 2.39. The Kier molecular flexibility index (Phi) is 10.1. The molecule has 2 aromatic carbocycles. The molecular formula is C30H50N6. The van der Waals surface area contributed by atoms with Gasteiger partial charge in [0.2, 0.25) is 0 Å². The minimum absolute atomic E-state index is 0.0834. The zero-order valence-corrected chi connectivity index (χ0v) is 24.0. The van der Waals surface area contributed by atoms with Crippen LogP contribution in [0.3, 0.4) is 0 Å². The molecule has 2 aromatic rings. The second-order valence-electron chi connectivity index (χ2n) is 12.6. The Bertz CT molecular complexity index is 902. The maximum absolute atomic E-state index is 6.02. The molecule has 0 unspecified atom stereocenters. The zero-order chi connectivity index (χ0) is 27.0. The molecule has 0 aliphatic carbocycles. The first-order valence-electron chi connectivity index (χ1n) is 13.3. The summed E-state index contributed by atoms with van der Waals surface area (Å²) in [4.78, 5) is 0. The summed E-state index contributed by atoms with van der Waals surface area (Å²) >= 11 is 0. The number of nitrogens with zero attached hydrogens (tertiary/aromatic N) is 4. The molecule has 2 aliphatic heterocycles. The second-order valence-corrected chi connectivity index (χ2v) is 12.6. The third kappa shape index (κ3) is 8.59. The van der Waals surface area contributed by atoms with Crippen LogP contribution in [0.2, 0.25) is 0 Å². The number of hydrazine groups is 1. The predicted molar refractivity (Wildman–Crippen MR) is 154 cm³/mol. The molecule has 0 amide bonds. The molecule has 0 radical (unpaired) electrons. The molecule has 0 saturated carbocycles. The van der Waals surface area contributed by atoms with Crippen molar-refractivity contribution >= 4 is 11.4 Å². The monoisotopic (exact) mass is 494 g/mol. The molecule has 2 aliphatic rings. The van der Waals surface area contributed by atoms with Crippen LogP contribution < -0.4 is 11.6 Å². The van der Waals surface area contributed by atoms with Gasteiger partial charge in [-0.25, -0.2) is 5.01 Å². The number of piperidine rings is 2. The molecule has 4 rings (SSSR count). The summed E-state index contributed by atoms with van der Waals surface area (Å²) in [7, 11) is 0. The first-order valence-corrected chi connectivity index (χ1v) is 13.3. The van der Waals surface area contributed by atoms with Crippen LogP contribution in [0, 0.1) is 0 Å². The van der Waals surface area contributed by atoms with Gasteiger partial charge in [0.1, 0.15) is 0 Å². The van der Waals surface area contributed by atoms with Crippen LogP contribution >= 0.6 is 0 Å².